The molecule has 1 rings (SSSR count). The minimum atomic E-state index is 0.269. The molecule has 0 fully saturated rings. The van der Waals surface area contributed by atoms with Crippen LogP contribution in [-0.4, -0.2) is 6.54 Å². The first kappa shape index (κ1) is 13.9. The number of nitrogens with one attached hydrogen (secondary N) is 1. The van der Waals surface area contributed by atoms with E-state index in [-0.39, 0.29) is 5.41 Å². The van der Waals surface area contributed by atoms with Gasteiger partial charge in [-0.15, -0.1) is 0 Å². The number of hydrogen-bond acceptors (Lipinski definition) is 2. The van der Waals surface area contributed by atoms with Gasteiger partial charge in [-0.05, 0) is 48.4 Å². The van der Waals surface area contributed by atoms with Gasteiger partial charge in [-0.1, -0.05) is 27.7 Å². The largest absolute Gasteiger partial charge is 0.397 e. The van der Waals surface area contributed by atoms with Gasteiger partial charge in [0, 0.05) is 6.54 Å². The van der Waals surface area contributed by atoms with Crippen LogP contribution >= 0.6 is 0 Å². The summed E-state index contributed by atoms with van der Waals surface area (Å²) in [5.74, 6) is 0.641. The first-order chi connectivity index (χ1) is 7.74. The Morgan fingerprint density at radius 3 is 2.24 bits per heavy atom. The molecule has 0 amide bonds. The molecule has 2 nitrogen and oxygen atoms in total. The smallest absolute Gasteiger partial charge is 0.0576 e. The molecular formula is C15H26N2. The molecular weight excluding hydrogens is 208 g/mol. The summed E-state index contributed by atoms with van der Waals surface area (Å²) >= 11 is 0. The van der Waals surface area contributed by atoms with E-state index in [0.717, 1.165) is 17.9 Å². The molecule has 0 aliphatic rings. The minimum absolute atomic E-state index is 0.269. The standard InChI is InChI=1S/C15H26N2/c1-10(2)15(5,6)9-17-14-8-12(4)11(3)7-13(14)16/h7-8,10,17H,9,16H2,1-6H3. The average molecular weight is 234 g/mol. The molecule has 1 aromatic rings. The van der Waals surface area contributed by atoms with Crippen molar-refractivity contribution < 1.29 is 0 Å². The third kappa shape index (κ3) is 3.39. The molecule has 0 saturated carbocycles. The summed E-state index contributed by atoms with van der Waals surface area (Å²) in [4.78, 5) is 0. The maximum atomic E-state index is 6.03. The normalized spacial score (nSPS) is 11.9. The van der Waals surface area contributed by atoms with E-state index in [1.165, 1.54) is 11.1 Å². The third-order valence-corrected chi connectivity index (χ3v) is 3.96. The second-order valence-electron chi connectivity index (χ2n) is 6.02. The fraction of sp³-hybridized carbons (Fsp3) is 0.600. The Hall–Kier alpha value is -1.18. The molecule has 0 aliphatic heterocycles. The van der Waals surface area contributed by atoms with Gasteiger partial charge in [0.05, 0.1) is 11.4 Å². The highest BCUT2D eigenvalue weighted by atomic mass is 14.9. The van der Waals surface area contributed by atoms with E-state index in [9.17, 15) is 0 Å². The summed E-state index contributed by atoms with van der Waals surface area (Å²) in [6, 6.07) is 4.18. The second-order valence-corrected chi connectivity index (χ2v) is 6.02. The van der Waals surface area contributed by atoms with E-state index >= 15 is 0 Å². The Kier molecular flexibility index (Phi) is 4.07. The zero-order chi connectivity index (χ0) is 13.2. The average Bonchev–Trinajstić information content (AvgIpc) is 2.21. The van der Waals surface area contributed by atoms with Crippen LogP contribution in [0.25, 0.3) is 0 Å². The molecule has 0 aliphatic carbocycles. The fourth-order valence-corrected chi connectivity index (χ4v) is 1.52. The topological polar surface area (TPSA) is 38.0 Å². The number of hydrogen-bond donors (Lipinski definition) is 2. The van der Waals surface area contributed by atoms with Gasteiger partial charge in [-0.3, -0.25) is 0 Å². The summed E-state index contributed by atoms with van der Waals surface area (Å²) < 4.78 is 0. The molecule has 2 heteroatoms. The van der Waals surface area contributed by atoms with Crippen LogP contribution in [0.15, 0.2) is 12.1 Å². The maximum Gasteiger partial charge on any atom is 0.0576 e. The maximum absolute atomic E-state index is 6.03. The predicted octanol–water partition coefficient (Wildman–Crippen LogP) is 3.98. The lowest BCUT2D eigenvalue weighted by Gasteiger charge is -2.30. The number of nitrogens with two attached hydrogens (primary N) is 1. The number of aryl methyl sites for hydroxylation is 2. The lowest BCUT2D eigenvalue weighted by atomic mass is 9.81. The molecule has 0 unspecified atom stereocenters. The van der Waals surface area contributed by atoms with Gasteiger partial charge in [-0.2, -0.15) is 0 Å². The van der Waals surface area contributed by atoms with Gasteiger partial charge < -0.3 is 11.1 Å². The van der Waals surface area contributed by atoms with E-state index in [1.807, 2.05) is 6.07 Å². The molecule has 96 valence electrons. The highest BCUT2D eigenvalue weighted by molar-refractivity contribution is 5.68. The summed E-state index contributed by atoms with van der Waals surface area (Å²) in [5.41, 5.74) is 10.7. The summed E-state index contributed by atoms with van der Waals surface area (Å²) in [6.07, 6.45) is 0. The van der Waals surface area contributed by atoms with Crippen molar-refractivity contribution in [3.63, 3.8) is 0 Å². The van der Waals surface area contributed by atoms with Gasteiger partial charge in [0.25, 0.3) is 0 Å². The summed E-state index contributed by atoms with van der Waals surface area (Å²) in [5, 5.41) is 3.48. The van der Waals surface area contributed by atoms with Crippen LogP contribution in [0, 0.1) is 25.2 Å². The van der Waals surface area contributed by atoms with Gasteiger partial charge in [0.15, 0.2) is 0 Å². The van der Waals surface area contributed by atoms with Gasteiger partial charge in [0.2, 0.25) is 0 Å². The number of benzene rings is 1. The molecule has 0 aromatic heterocycles. The van der Waals surface area contributed by atoms with Crippen LogP contribution in [0.2, 0.25) is 0 Å². The third-order valence-electron chi connectivity index (χ3n) is 3.96. The molecule has 0 bridgehead atoms. The van der Waals surface area contributed by atoms with Crippen molar-refractivity contribution >= 4 is 11.4 Å². The second kappa shape index (κ2) is 4.99. The van der Waals surface area contributed by atoms with Crippen LogP contribution in [0.4, 0.5) is 11.4 Å². The monoisotopic (exact) mass is 234 g/mol. The Labute approximate surface area is 106 Å². The zero-order valence-electron chi connectivity index (χ0n) is 12.0. The molecule has 1 aromatic carbocycles. The van der Waals surface area contributed by atoms with Crippen LogP contribution in [0.3, 0.4) is 0 Å². The molecule has 0 atom stereocenters. The first-order valence-corrected chi connectivity index (χ1v) is 6.34. The van der Waals surface area contributed by atoms with Gasteiger partial charge in [0.1, 0.15) is 0 Å². The fourth-order valence-electron chi connectivity index (χ4n) is 1.52. The van der Waals surface area contributed by atoms with E-state index in [2.05, 4.69) is 52.9 Å². The van der Waals surface area contributed by atoms with Crippen molar-refractivity contribution in [1.29, 1.82) is 0 Å². The Morgan fingerprint density at radius 2 is 1.71 bits per heavy atom. The van der Waals surface area contributed by atoms with Crippen LogP contribution in [0.5, 0.6) is 0 Å². The number of anilines is 2. The summed E-state index contributed by atoms with van der Waals surface area (Å²) in [6.45, 7) is 14.2. The highest BCUT2D eigenvalue weighted by Gasteiger charge is 2.22. The lowest BCUT2D eigenvalue weighted by Crippen LogP contribution is -2.28. The zero-order valence-corrected chi connectivity index (χ0v) is 12.0. The molecule has 0 heterocycles. The Bertz CT molecular complexity index is 392. The highest BCUT2D eigenvalue weighted by Crippen LogP contribution is 2.29. The van der Waals surface area contributed by atoms with Gasteiger partial charge in [-0.25, -0.2) is 0 Å². The summed E-state index contributed by atoms with van der Waals surface area (Å²) in [7, 11) is 0. The SMILES string of the molecule is Cc1cc(N)c(NCC(C)(C)C(C)C)cc1C. The van der Waals surface area contributed by atoms with Crippen molar-refractivity contribution in [2.45, 2.75) is 41.5 Å². The van der Waals surface area contributed by atoms with E-state index < -0.39 is 0 Å². The molecule has 0 radical (unpaired) electrons. The predicted molar refractivity (Wildman–Crippen MR) is 77.4 cm³/mol. The molecule has 0 spiro atoms. The van der Waals surface area contributed by atoms with Crippen molar-refractivity contribution in [3.8, 4) is 0 Å². The van der Waals surface area contributed by atoms with Crippen LogP contribution < -0.4 is 11.1 Å². The first-order valence-electron chi connectivity index (χ1n) is 6.34. The van der Waals surface area contributed by atoms with E-state index in [1.54, 1.807) is 0 Å². The quantitative estimate of drug-likeness (QED) is 0.773. The lowest BCUT2D eigenvalue weighted by molar-refractivity contribution is 0.270. The van der Waals surface area contributed by atoms with Crippen molar-refractivity contribution in [2.75, 3.05) is 17.6 Å². The Balaban J connectivity index is 2.80. The van der Waals surface area contributed by atoms with Crippen molar-refractivity contribution in [2.24, 2.45) is 11.3 Å². The minimum Gasteiger partial charge on any atom is -0.397 e. The molecule has 3 N–H and O–H groups in total. The number of nitrogen functional groups attached to an aromatic ring is 1. The van der Waals surface area contributed by atoms with Crippen LogP contribution in [0.1, 0.15) is 38.8 Å². The number of rotatable bonds is 4. The van der Waals surface area contributed by atoms with Crippen molar-refractivity contribution in [1.82, 2.24) is 0 Å². The molecule has 17 heavy (non-hydrogen) atoms. The Morgan fingerprint density at radius 1 is 1.18 bits per heavy atom. The van der Waals surface area contributed by atoms with Crippen LogP contribution in [-0.2, 0) is 0 Å². The van der Waals surface area contributed by atoms with Crippen molar-refractivity contribution in [3.05, 3.63) is 23.3 Å². The van der Waals surface area contributed by atoms with E-state index in [0.29, 0.717) is 5.92 Å². The molecule has 0 saturated heterocycles. The van der Waals surface area contributed by atoms with Gasteiger partial charge >= 0.3 is 0 Å². The van der Waals surface area contributed by atoms with E-state index in [4.69, 9.17) is 5.73 Å².